The molecule has 0 aromatic rings. The molecule has 1 unspecified atom stereocenters. The second-order valence-electron chi connectivity index (χ2n) is 3.32. The summed E-state index contributed by atoms with van der Waals surface area (Å²) in [4.78, 5) is 6.38. The molecule has 3 N–H and O–H groups in total. The van der Waals surface area contributed by atoms with Crippen LogP contribution in [0.2, 0.25) is 0 Å². The van der Waals surface area contributed by atoms with Crippen LogP contribution in [-0.4, -0.2) is 44.2 Å². The van der Waals surface area contributed by atoms with Crippen molar-refractivity contribution in [3.63, 3.8) is 0 Å². The lowest BCUT2D eigenvalue weighted by Crippen LogP contribution is -2.43. The van der Waals surface area contributed by atoms with E-state index in [4.69, 9.17) is 10.6 Å². The largest absolute Gasteiger partial charge is 0.382 e. The molecule has 14 heavy (non-hydrogen) atoms. The lowest BCUT2D eigenvalue weighted by molar-refractivity contribution is 0.185. The Labute approximate surface area is 86.3 Å². The predicted molar refractivity (Wildman–Crippen MR) is 59.0 cm³/mol. The summed E-state index contributed by atoms with van der Waals surface area (Å²) in [7, 11) is 3.62. The summed E-state index contributed by atoms with van der Waals surface area (Å²) in [6.45, 7) is 5.64. The number of hydrogen-bond donors (Lipinski definition) is 2. The Morgan fingerprint density at radius 2 is 2.29 bits per heavy atom. The normalized spacial score (nSPS) is 13.9. The third kappa shape index (κ3) is 5.04. The third-order valence-corrected chi connectivity index (χ3v) is 1.80. The van der Waals surface area contributed by atoms with Gasteiger partial charge in [0.1, 0.15) is 0 Å². The van der Waals surface area contributed by atoms with Gasteiger partial charge in [-0.25, -0.2) is 10.8 Å². The number of nitrogens with zero attached hydrogens (tertiary/aromatic N) is 2. The van der Waals surface area contributed by atoms with E-state index in [0.29, 0.717) is 12.6 Å². The van der Waals surface area contributed by atoms with Crippen molar-refractivity contribution in [3.05, 3.63) is 0 Å². The van der Waals surface area contributed by atoms with E-state index in [9.17, 15) is 0 Å². The topological polar surface area (TPSA) is 62.9 Å². The Hall–Kier alpha value is -0.810. The van der Waals surface area contributed by atoms with Crippen LogP contribution in [0.1, 0.15) is 20.3 Å². The number of nitrogens with two attached hydrogens (primary N) is 1. The molecule has 0 aromatic carbocycles. The molecule has 0 amide bonds. The second kappa shape index (κ2) is 7.58. The van der Waals surface area contributed by atoms with Crippen molar-refractivity contribution in [2.45, 2.75) is 26.3 Å². The van der Waals surface area contributed by atoms with Crippen LogP contribution in [0.4, 0.5) is 0 Å². The minimum Gasteiger partial charge on any atom is -0.382 e. The fourth-order valence-corrected chi connectivity index (χ4v) is 1.17. The number of rotatable bonds is 5. The molecule has 0 heterocycles. The van der Waals surface area contributed by atoms with Crippen molar-refractivity contribution in [1.82, 2.24) is 10.3 Å². The number of ether oxygens (including phenoxy) is 1. The van der Waals surface area contributed by atoms with E-state index in [2.05, 4.69) is 17.3 Å². The molecule has 0 aliphatic heterocycles. The molecule has 0 rings (SSSR count). The lowest BCUT2D eigenvalue weighted by atomic mass is 10.4. The predicted octanol–water partition coefficient (Wildman–Crippen LogP) is 0.182. The summed E-state index contributed by atoms with van der Waals surface area (Å²) in [5, 5.41) is 0. The van der Waals surface area contributed by atoms with Gasteiger partial charge < -0.3 is 9.64 Å². The molecule has 0 saturated carbocycles. The van der Waals surface area contributed by atoms with E-state index in [1.807, 2.05) is 18.9 Å². The zero-order chi connectivity index (χ0) is 11.0. The van der Waals surface area contributed by atoms with E-state index in [1.54, 1.807) is 7.11 Å². The van der Waals surface area contributed by atoms with Crippen LogP contribution in [0.25, 0.3) is 0 Å². The molecule has 0 bridgehead atoms. The van der Waals surface area contributed by atoms with Crippen molar-refractivity contribution in [2.24, 2.45) is 10.8 Å². The van der Waals surface area contributed by atoms with Crippen molar-refractivity contribution in [2.75, 3.05) is 27.3 Å². The summed E-state index contributed by atoms with van der Waals surface area (Å²) in [5.74, 6) is 6.09. The maximum absolute atomic E-state index is 5.39. The molecule has 0 radical (unpaired) electrons. The van der Waals surface area contributed by atoms with Gasteiger partial charge in [-0.1, -0.05) is 6.92 Å². The van der Waals surface area contributed by atoms with Gasteiger partial charge in [0, 0.05) is 20.7 Å². The van der Waals surface area contributed by atoms with Gasteiger partial charge in [0.15, 0.2) is 0 Å². The lowest BCUT2D eigenvalue weighted by Gasteiger charge is -2.21. The molecule has 0 aliphatic rings. The van der Waals surface area contributed by atoms with Crippen LogP contribution in [0.3, 0.4) is 0 Å². The minimum absolute atomic E-state index is 0.116. The number of aliphatic imine (C=N–C) groups is 1. The summed E-state index contributed by atoms with van der Waals surface area (Å²) in [6.07, 6.45) is 1.07. The van der Waals surface area contributed by atoms with Crippen molar-refractivity contribution in [3.8, 4) is 0 Å². The Balaban J connectivity index is 4.21. The van der Waals surface area contributed by atoms with Crippen LogP contribution >= 0.6 is 0 Å². The van der Waals surface area contributed by atoms with E-state index < -0.39 is 0 Å². The standard InChI is InChI=1S/C9H22N4O/c1-5-6-13(3)9(12-10)11-8(2)7-14-4/h8H,5-7,10H2,1-4H3,(H,11,12). The Morgan fingerprint density at radius 1 is 1.64 bits per heavy atom. The van der Waals surface area contributed by atoms with Gasteiger partial charge in [-0.15, -0.1) is 0 Å². The van der Waals surface area contributed by atoms with Crippen LogP contribution in [-0.2, 0) is 4.74 Å². The average molecular weight is 202 g/mol. The van der Waals surface area contributed by atoms with Crippen molar-refractivity contribution in [1.29, 1.82) is 0 Å². The minimum atomic E-state index is 0.116. The number of guanidine groups is 1. The van der Waals surface area contributed by atoms with Gasteiger partial charge >= 0.3 is 0 Å². The summed E-state index contributed by atoms with van der Waals surface area (Å²) in [5.41, 5.74) is 2.60. The maximum atomic E-state index is 5.39. The van der Waals surface area contributed by atoms with Crippen molar-refractivity contribution < 1.29 is 4.74 Å². The van der Waals surface area contributed by atoms with Gasteiger partial charge in [-0.3, -0.25) is 5.43 Å². The maximum Gasteiger partial charge on any atom is 0.208 e. The SMILES string of the molecule is CCCN(C)C(=NC(C)COC)NN. The van der Waals surface area contributed by atoms with Gasteiger partial charge in [-0.05, 0) is 13.3 Å². The molecule has 84 valence electrons. The van der Waals surface area contributed by atoms with E-state index in [-0.39, 0.29) is 6.04 Å². The highest BCUT2D eigenvalue weighted by Crippen LogP contribution is 1.94. The first-order valence-corrected chi connectivity index (χ1v) is 4.90. The van der Waals surface area contributed by atoms with Crippen LogP contribution in [0.15, 0.2) is 4.99 Å². The Bertz CT molecular complexity index is 172. The molecular formula is C9H22N4O. The highest BCUT2D eigenvalue weighted by Gasteiger charge is 2.05. The van der Waals surface area contributed by atoms with Crippen LogP contribution in [0.5, 0.6) is 0 Å². The van der Waals surface area contributed by atoms with Crippen LogP contribution < -0.4 is 11.3 Å². The summed E-state index contributed by atoms with van der Waals surface area (Å²) < 4.78 is 4.99. The molecule has 0 aromatic heterocycles. The molecule has 0 spiro atoms. The number of hydrogen-bond acceptors (Lipinski definition) is 3. The number of methoxy groups -OCH3 is 1. The first kappa shape index (κ1) is 13.2. The van der Waals surface area contributed by atoms with Crippen LogP contribution in [0, 0.1) is 0 Å². The monoisotopic (exact) mass is 202 g/mol. The smallest absolute Gasteiger partial charge is 0.208 e. The Morgan fingerprint density at radius 3 is 2.71 bits per heavy atom. The Kier molecular flexibility index (Phi) is 7.14. The second-order valence-corrected chi connectivity index (χ2v) is 3.32. The number of nitrogens with one attached hydrogen (secondary N) is 1. The highest BCUT2D eigenvalue weighted by molar-refractivity contribution is 5.79. The average Bonchev–Trinajstić information content (AvgIpc) is 2.15. The first-order chi connectivity index (χ1) is 6.65. The first-order valence-electron chi connectivity index (χ1n) is 4.90. The number of hydrazine groups is 1. The van der Waals surface area contributed by atoms with Gasteiger partial charge in [0.05, 0.1) is 12.6 Å². The summed E-state index contributed by atoms with van der Waals surface area (Å²) >= 11 is 0. The van der Waals surface area contributed by atoms with E-state index in [1.165, 1.54) is 0 Å². The molecule has 0 aliphatic carbocycles. The highest BCUT2D eigenvalue weighted by atomic mass is 16.5. The van der Waals surface area contributed by atoms with E-state index in [0.717, 1.165) is 13.0 Å². The molecular weight excluding hydrogens is 180 g/mol. The zero-order valence-electron chi connectivity index (χ0n) is 9.58. The molecule has 5 heteroatoms. The molecule has 5 nitrogen and oxygen atoms in total. The fourth-order valence-electron chi connectivity index (χ4n) is 1.17. The zero-order valence-corrected chi connectivity index (χ0v) is 9.58. The van der Waals surface area contributed by atoms with E-state index >= 15 is 0 Å². The third-order valence-electron chi connectivity index (χ3n) is 1.80. The molecule has 0 saturated heterocycles. The van der Waals surface area contributed by atoms with Crippen molar-refractivity contribution >= 4 is 5.96 Å². The molecule has 1 atom stereocenters. The summed E-state index contributed by atoms with van der Waals surface area (Å²) in [6, 6.07) is 0.116. The van der Waals surface area contributed by atoms with Gasteiger partial charge in [-0.2, -0.15) is 0 Å². The quantitative estimate of drug-likeness (QED) is 0.289. The van der Waals surface area contributed by atoms with Gasteiger partial charge in [0.25, 0.3) is 0 Å². The fraction of sp³-hybridized carbons (Fsp3) is 0.889. The molecule has 0 fully saturated rings. The van der Waals surface area contributed by atoms with Gasteiger partial charge in [0.2, 0.25) is 5.96 Å².